The third-order valence-electron chi connectivity index (χ3n) is 3.52. The number of pyridine rings is 1. The van der Waals surface area contributed by atoms with Gasteiger partial charge in [0.15, 0.2) is 0 Å². The molecule has 2 aromatic rings. The van der Waals surface area contributed by atoms with Crippen molar-refractivity contribution in [2.75, 3.05) is 19.8 Å². The molecular weight excluding hydrogens is 326 g/mol. The van der Waals surface area contributed by atoms with Gasteiger partial charge in [0.1, 0.15) is 16.8 Å². The molecule has 0 atom stereocenters. The summed E-state index contributed by atoms with van der Waals surface area (Å²) in [5.41, 5.74) is 1.08. The zero-order valence-electron chi connectivity index (χ0n) is 14.8. The van der Waals surface area contributed by atoms with Gasteiger partial charge in [0.2, 0.25) is 0 Å². The fourth-order valence-corrected chi connectivity index (χ4v) is 2.57. The minimum absolute atomic E-state index is 0.00653. The van der Waals surface area contributed by atoms with Crippen LogP contribution >= 0.6 is 0 Å². The monoisotopic (exact) mass is 347 g/mol. The minimum Gasteiger partial charge on any atom is -0.462 e. The van der Waals surface area contributed by atoms with Crippen molar-refractivity contribution in [3.05, 3.63) is 40.7 Å². The Kier molecular flexibility index (Phi) is 5.80. The molecule has 2 aromatic heterocycles. The van der Waals surface area contributed by atoms with Gasteiger partial charge in [-0.3, -0.25) is 0 Å². The van der Waals surface area contributed by atoms with Gasteiger partial charge in [-0.05, 0) is 45.4 Å². The van der Waals surface area contributed by atoms with E-state index >= 15 is 0 Å². The van der Waals surface area contributed by atoms with E-state index < -0.39 is 17.9 Å². The largest absolute Gasteiger partial charge is 0.462 e. The lowest BCUT2D eigenvalue weighted by molar-refractivity contribution is 0.0459. The molecule has 0 unspecified atom stereocenters. The van der Waals surface area contributed by atoms with Gasteiger partial charge in [-0.2, -0.15) is 0 Å². The number of carbonyl (C=O) groups is 3. The Labute approximate surface area is 145 Å². The van der Waals surface area contributed by atoms with Crippen molar-refractivity contribution in [1.82, 2.24) is 4.40 Å². The molecule has 0 aliphatic rings. The van der Waals surface area contributed by atoms with Crippen LogP contribution in [0.3, 0.4) is 0 Å². The fraction of sp³-hybridized carbons (Fsp3) is 0.389. The summed E-state index contributed by atoms with van der Waals surface area (Å²) in [6.45, 7) is 7.19. The van der Waals surface area contributed by atoms with E-state index in [0.717, 1.165) is 5.56 Å². The molecule has 0 bridgehead atoms. The number of carbonyl (C=O) groups excluding carboxylic acids is 3. The number of aromatic nitrogens is 1. The molecule has 0 saturated carbocycles. The van der Waals surface area contributed by atoms with Crippen LogP contribution in [0.1, 0.15) is 57.5 Å². The molecule has 0 radical (unpaired) electrons. The molecule has 7 nitrogen and oxygen atoms in total. The van der Waals surface area contributed by atoms with E-state index in [1.165, 1.54) is 4.40 Å². The van der Waals surface area contributed by atoms with Gasteiger partial charge in [0.25, 0.3) is 0 Å². The highest BCUT2D eigenvalue weighted by atomic mass is 16.5. The standard InChI is InChI=1S/C18H21NO6/c1-5-23-16(20)13-12-10-11(4)8-9-19(12)15(18(22)25-7-3)14(13)17(21)24-6-2/h8-10H,5-7H2,1-4H3. The molecule has 0 aliphatic carbocycles. The number of aryl methyl sites for hydroxylation is 1. The number of hydrogen-bond acceptors (Lipinski definition) is 6. The minimum atomic E-state index is -0.769. The lowest BCUT2D eigenvalue weighted by atomic mass is 10.1. The Balaban J connectivity index is 2.86. The van der Waals surface area contributed by atoms with Crippen molar-refractivity contribution in [2.45, 2.75) is 27.7 Å². The van der Waals surface area contributed by atoms with Crippen LogP contribution in [-0.4, -0.2) is 42.1 Å². The van der Waals surface area contributed by atoms with Crippen molar-refractivity contribution in [2.24, 2.45) is 0 Å². The molecule has 2 rings (SSSR count). The Hall–Kier alpha value is -2.83. The van der Waals surface area contributed by atoms with Gasteiger partial charge in [-0.1, -0.05) is 0 Å². The number of fused-ring (bicyclic) bond motifs is 1. The van der Waals surface area contributed by atoms with Gasteiger partial charge in [-0.25, -0.2) is 14.4 Å². The second-order valence-corrected chi connectivity index (χ2v) is 5.22. The van der Waals surface area contributed by atoms with Gasteiger partial charge >= 0.3 is 17.9 Å². The van der Waals surface area contributed by atoms with Crippen molar-refractivity contribution in [3.8, 4) is 0 Å². The molecular formula is C18H21NO6. The predicted octanol–water partition coefficient (Wildman–Crippen LogP) is 2.78. The van der Waals surface area contributed by atoms with Crippen LogP contribution in [0.25, 0.3) is 5.52 Å². The van der Waals surface area contributed by atoms with Gasteiger partial charge in [0, 0.05) is 6.20 Å². The summed E-state index contributed by atoms with van der Waals surface area (Å²) in [5, 5.41) is 0. The predicted molar refractivity (Wildman–Crippen MR) is 90.0 cm³/mol. The average molecular weight is 347 g/mol. The first-order valence-electron chi connectivity index (χ1n) is 8.12. The highest BCUT2D eigenvalue weighted by molar-refractivity contribution is 6.14. The van der Waals surface area contributed by atoms with Crippen LogP contribution in [-0.2, 0) is 14.2 Å². The van der Waals surface area contributed by atoms with E-state index in [-0.39, 0.29) is 36.6 Å². The van der Waals surface area contributed by atoms with Crippen LogP contribution in [0.4, 0.5) is 0 Å². The molecule has 0 aliphatic heterocycles. The SMILES string of the molecule is CCOC(=O)c1c(C(=O)OCC)c2cc(C)ccn2c1C(=O)OCC. The molecule has 0 aromatic carbocycles. The fourth-order valence-electron chi connectivity index (χ4n) is 2.57. The van der Waals surface area contributed by atoms with E-state index in [0.29, 0.717) is 5.52 Å². The number of rotatable bonds is 6. The van der Waals surface area contributed by atoms with Crippen LogP contribution in [0.5, 0.6) is 0 Å². The summed E-state index contributed by atoms with van der Waals surface area (Å²) < 4.78 is 16.7. The Morgan fingerprint density at radius 1 is 0.880 bits per heavy atom. The third kappa shape index (κ3) is 3.50. The van der Waals surface area contributed by atoms with Gasteiger partial charge in [-0.15, -0.1) is 0 Å². The Morgan fingerprint density at radius 2 is 1.40 bits per heavy atom. The summed E-state index contributed by atoms with van der Waals surface area (Å²) >= 11 is 0. The maximum absolute atomic E-state index is 12.5. The zero-order chi connectivity index (χ0) is 18.6. The number of nitrogens with zero attached hydrogens (tertiary/aromatic N) is 1. The molecule has 2 heterocycles. The molecule has 0 spiro atoms. The smallest absolute Gasteiger partial charge is 0.356 e. The normalized spacial score (nSPS) is 10.6. The molecule has 25 heavy (non-hydrogen) atoms. The van der Waals surface area contributed by atoms with E-state index in [4.69, 9.17) is 14.2 Å². The Bertz CT molecular complexity index is 821. The lowest BCUT2D eigenvalue weighted by Crippen LogP contribution is -2.17. The topological polar surface area (TPSA) is 83.3 Å². The quantitative estimate of drug-likeness (QED) is 0.590. The van der Waals surface area contributed by atoms with Gasteiger partial charge < -0.3 is 18.6 Å². The summed E-state index contributed by atoms with van der Waals surface area (Å²) in [6, 6.07) is 3.47. The first-order valence-corrected chi connectivity index (χ1v) is 8.12. The third-order valence-corrected chi connectivity index (χ3v) is 3.52. The lowest BCUT2D eigenvalue weighted by Gasteiger charge is -2.07. The van der Waals surface area contributed by atoms with Crippen LogP contribution in [0.2, 0.25) is 0 Å². The van der Waals surface area contributed by atoms with Crippen LogP contribution < -0.4 is 0 Å². The van der Waals surface area contributed by atoms with Crippen molar-refractivity contribution < 1.29 is 28.6 Å². The second kappa shape index (κ2) is 7.83. The van der Waals surface area contributed by atoms with Crippen LogP contribution in [0.15, 0.2) is 18.3 Å². The second-order valence-electron chi connectivity index (χ2n) is 5.22. The zero-order valence-corrected chi connectivity index (χ0v) is 14.8. The molecule has 0 fully saturated rings. The molecule has 0 saturated heterocycles. The highest BCUT2D eigenvalue weighted by Gasteiger charge is 2.33. The summed E-state index contributed by atoms with van der Waals surface area (Å²) in [7, 11) is 0. The van der Waals surface area contributed by atoms with Crippen molar-refractivity contribution >= 4 is 23.4 Å². The first-order chi connectivity index (χ1) is 12.0. The number of hydrogen-bond donors (Lipinski definition) is 0. The van der Waals surface area contributed by atoms with Crippen molar-refractivity contribution in [1.29, 1.82) is 0 Å². The first kappa shape index (κ1) is 18.5. The average Bonchev–Trinajstić information content (AvgIpc) is 2.89. The Morgan fingerprint density at radius 3 is 1.96 bits per heavy atom. The van der Waals surface area contributed by atoms with E-state index in [2.05, 4.69) is 0 Å². The van der Waals surface area contributed by atoms with E-state index in [1.807, 2.05) is 6.92 Å². The van der Waals surface area contributed by atoms with Crippen molar-refractivity contribution in [3.63, 3.8) is 0 Å². The molecule has 134 valence electrons. The summed E-state index contributed by atoms with van der Waals surface area (Å²) in [6.07, 6.45) is 1.61. The van der Waals surface area contributed by atoms with Crippen LogP contribution in [0, 0.1) is 6.92 Å². The maximum Gasteiger partial charge on any atom is 0.356 e. The maximum atomic E-state index is 12.5. The molecule has 0 amide bonds. The number of ether oxygens (including phenoxy) is 3. The molecule has 0 N–H and O–H groups in total. The van der Waals surface area contributed by atoms with E-state index in [9.17, 15) is 14.4 Å². The van der Waals surface area contributed by atoms with E-state index in [1.54, 1.807) is 39.1 Å². The summed E-state index contributed by atoms with van der Waals surface area (Å²) in [4.78, 5) is 37.5. The highest BCUT2D eigenvalue weighted by Crippen LogP contribution is 2.27. The van der Waals surface area contributed by atoms with Gasteiger partial charge in [0.05, 0.1) is 25.3 Å². The summed E-state index contributed by atoms with van der Waals surface area (Å²) in [5.74, 6) is -2.17. The number of esters is 3. The molecule has 7 heteroatoms.